The molecule has 0 unspecified atom stereocenters. The van der Waals surface area contributed by atoms with E-state index in [4.69, 9.17) is 19.3 Å². The molecule has 0 saturated heterocycles. The lowest BCUT2D eigenvalue weighted by molar-refractivity contribution is 0.0799. The molecule has 6 rings (SSSR count). The fourth-order valence-electron chi connectivity index (χ4n) is 5.46. The summed E-state index contributed by atoms with van der Waals surface area (Å²) in [5.41, 5.74) is 9.82. The fraction of sp³-hybridized carbons (Fsp3) is 0.250. The van der Waals surface area contributed by atoms with Crippen LogP contribution in [0.3, 0.4) is 0 Å². The van der Waals surface area contributed by atoms with Crippen molar-refractivity contribution in [2.24, 2.45) is 0 Å². The van der Waals surface area contributed by atoms with Gasteiger partial charge in [-0.1, -0.05) is 86.4 Å². The van der Waals surface area contributed by atoms with Crippen molar-refractivity contribution in [2.75, 3.05) is 13.7 Å². The van der Waals surface area contributed by atoms with Gasteiger partial charge in [0, 0.05) is 37.8 Å². The van der Waals surface area contributed by atoms with Crippen molar-refractivity contribution in [2.45, 2.75) is 45.4 Å². The molecule has 0 fully saturated rings. The van der Waals surface area contributed by atoms with E-state index in [1.54, 1.807) is 19.2 Å². The van der Waals surface area contributed by atoms with Gasteiger partial charge >= 0.3 is 0 Å². The summed E-state index contributed by atoms with van der Waals surface area (Å²) in [6.07, 6.45) is 0.750. The molecule has 0 radical (unpaired) electrons. The SMILES string of the molecule is COc1cc2c(cc1OCc1ccccc1)Cc1c(-c3ccc(-c4ccc(O)cc4)cc3)nn(COCC[Si](C)(C)C)c1-2. The lowest BCUT2D eigenvalue weighted by Crippen LogP contribution is -2.22. The summed E-state index contributed by atoms with van der Waals surface area (Å²) in [5.74, 6) is 1.70. The van der Waals surface area contributed by atoms with Crippen LogP contribution in [0.15, 0.2) is 91.0 Å². The molecule has 0 atom stereocenters. The first-order chi connectivity index (χ1) is 20.8. The van der Waals surface area contributed by atoms with Crippen molar-refractivity contribution in [1.82, 2.24) is 9.78 Å². The minimum Gasteiger partial charge on any atom is -0.508 e. The van der Waals surface area contributed by atoms with E-state index in [-0.39, 0.29) is 5.75 Å². The van der Waals surface area contributed by atoms with Gasteiger partial charge in [0.1, 0.15) is 19.1 Å². The predicted octanol–water partition coefficient (Wildman–Crippen LogP) is 8.39. The Hall–Kier alpha value is -4.33. The van der Waals surface area contributed by atoms with E-state index in [1.165, 1.54) is 11.1 Å². The number of hydrogen-bond acceptors (Lipinski definition) is 5. The minimum absolute atomic E-state index is 0.262. The third kappa shape index (κ3) is 6.38. The topological polar surface area (TPSA) is 65.7 Å². The number of phenols is 1. The summed E-state index contributed by atoms with van der Waals surface area (Å²) < 4.78 is 20.3. The van der Waals surface area contributed by atoms with E-state index in [0.29, 0.717) is 19.1 Å². The molecule has 43 heavy (non-hydrogen) atoms. The molecule has 1 aliphatic rings. The van der Waals surface area contributed by atoms with E-state index >= 15 is 0 Å². The highest BCUT2D eigenvalue weighted by atomic mass is 28.3. The summed E-state index contributed by atoms with van der Waals surface area (Å²) in [6.45, 7) is 8.68. The third-order valence-corrected chi connectivity index (χ3v) is 9.57. The number of rotatable bonds is 11. The molecule has 220 valence electrons. The molecule has 5 aromatic rings. The third-order valence-electron chi connectivity index (χ3n) is 7.87. The Morgan fingerprint density at radius 1 is 0.837 bits per heavy atom. The van der Waals surface area contributed by atoms with Crippen LogP contribution in [0.2, 0.25) is 25.7 Å². The highest BCUT2D eigenvalue weighted by Crippen LogP contribution is 2.46. The molecule has 0 aliphatic heterocycles. The average molecular weight is 591 g/mol. The number of benzene rings is 4. The van der Waals surface area contributed by atoms with Gasteiger partial charge in [-0.15, -0.1) is 0 Å². The van der Waals surface area contributed by atoms with E-state index in [9.17, 15) is 5.11 Å². The number of aromatic nitrogens is 2. The van der Waals surface area contributed by atoms with Crippen LogP contribution in [0.5, 0.6) is 17.2 Å². The van der Waals surface area contributed by atoms with Crippen LogP contribution in [0, 0.1) is 0 Å². The quantitative estimate of drug-likeness (QED) is 0.121. The first-order valence-corrected chi connectivity index (χ1v) is 18.4. The van der Waals surface area contributed by atoms with Crippen LogP contribution in [0.25, 0.3) is 33.6 Å². The molecule has 0 bridgehead atoms. The van der Waals surface area contributed by atoms with E-state index in [0.717, 1.165) is 64.0 Å². The summed E-state index contributed by atoms with van der Waals surface area (Å²) >= 11 is 0. The standard InChI is InChI=1S/C36H38N2O4Si/c1-40-33-22-31-29(21-34(33)42-23-25-8-6-5-7-9-25)20-32-35(37-38(36(31)32)24-41-18-19-43(2,3)4)28-12-10-26(11-13-28)27-14-16-30(39)17-15-27/h5-17,21-22,39H,18-20,23-24H2,1-4H3. The smallest absolute Gasteiger partial charge is 0.161 e. The van der Waals surface area contributed by atoms with Crippen LogP contribution in [-0.2, 0) is 24.5 Å². The summed E-state index contributed by atoms with van der Waals surface area (Å²) in [4.78, 5) is 0. The van der Waals surface area contributed by atoms with E-state index in [1.807, 2.05) is 35.0 Å². The normalized spacial score (nSPS) is 12.2. The summed E-state index contributed by atoms with van der Waals surface area (Å²) in [7, 11) is 0.477. The second kappa shape index (κ2) is 12.1. The van der Waals surface area contributed by atoms with Crippen LogP contribution in [-0.4, -0.2) is 36.7 Å². The number of methoxy groups -OCH3 is 1. The Balaban J connectivity index is 1.33. The van der Waals surface area contributed by atoms with Crippen LogP contribution < -0.4 is 9.47 Å². The fourth-order valence-corrected chi connectivity index (χ4v) is 6.22. The molecule has 4 aromatic carbocycles. The Bertz CT molecular complexity index is 1710. The van der Waals surface area contributed by atoms with Gasteiger partial charge in [-0.2, -0.15) is 5.10 Å². The molecular weight excluding hydrogens is 552 g/mol. The highest BCUT2D eigenvalue weighted by Gasteiger charge is 2.30. The second-order valence-electron chi connectivity index (χ2n) is 12.3. The second-order valence-corrected chi connectivity index (χ2v) is 17.9. The van der Waals surface area contributed by atoms with Gasteiger partial charge in [0.25, 0.3) is 0 Å². The molecule has 0 amide bonds. The number of nitrogens with zero attached hydrogens (tertiary/aromatic N) is 2. The lowest BCUT2D eigenvalue weighted by atomic mass is 10.0. The molecule has 1 aliphatic carbocycles. The summed E-state index contributed by atoms with van der Waals surface area (Å²) in [6, 6.07) is 31.2. The van der Waals surface area contributed by atoms with Gasteiger partial charge in [-0.05, 0) is 52.6 Å². The highest BCUT2D eigenvalue weighted by molar-refractivity contribution is 6.76. The van der Waals surface area contributed by atoms with Crippen molar-refractivity contribution in [3.05, 3.63) is 108 Å². The van der Waals surface area contributed by atoms with Crippen molar-refractivity contribution >= 4 is 8.07 Å². The van der Waals surface area contributed by atoms with Crippen molar-refractivity contribution < 1.29 is 19.3 Å². The molecule has 1 N–H and O–H groups in total. The molecule has 6 nitrogen and oxygen atoms in total. The molecule has 0 spiro atoms. The zero-order chi connectivity index (χ0) is 30.0. The number of ether oxygens (including phenoxy) is 3. The maximum atomic E-state index is 9.68. The van der Waals surface area contributed by atoms with E-state index in [2.05, 4.69) is 68.2 Å². The Morgan fingerprint density at radius 3 is 2.19 bits per heavy atom. The molecular formula is C36H38N2O4Si. The van der Waals surface area contributed by atoms with Crippen LogP contribution >= 0.6 is 0 Å². The predicted molar refractivity (Wildman–Crippen MR) is 174 cm³/mol. The monoisotopic (exact) mass is 590 g/mol. The summed E-state index contributed by atoms with van der Waals surface area (Å²) in [5, 5.41) is 14.8. The van der Waals surface area contributed by atoms with Crippen molar-refractivity contribution in [3.63, 3.8) is 0 Å². The molecule has 1 heterocycles. The first kappa shape index (κ1) is 28.8. The van der Waals surface area contributed by atoms with Crippen LogP contribution in [0.1, 0.15) is 16.7 Å². The first-order valence-electron chi connectivity index (χ1n) is 14.7. The largest absolute Gasteiger partial charge is 0.508 e. The zero-order valence-electron chi connectivity index (χ0n) is 25.3. The van der Waals surface area contributed by atoms with Gasteiger partial charge in [0.2, 0.25) is 0 Å². The number of aromatic hydroxyl groups is 1. The maximum absolute atomic E-state index is 9.68. The number of fused-ring (bicyclic) bond motifs is 3. The average Bonchev–Trinajstić information content (AvgIpc) is 3.55. The van der Waals surface area contributed by atoms with Crippen molar-refractivity contribution in [1.29, 1.82) is 0 Å². The lowest BCUT2D eigenvalue weighted by Gasteiger charge is -2.16. The Labute approximate surface area is 254 Å². The van der Waals surface area contributed by atoms with E-state index < -0.39 is 8.07 Å². The molecule has 1 aromatic heterocycles. The van der Waals surface area contributed by atoms with Gasteiger partial charge < -0.3 is 19.3 Å². The van der Waals surface area contributed by atoms with Gasteiger partial charge in [0.05, 0.1) is 18.5 Å². The Morgan fingerprint density at radius 2 is 1.51 bits per heavy atom. The molecule has 0 saturated carbocycles. The zero-order valence-corrected chi connectivity index (χ0v) is 26.3. The Kier molecular flexibility index (Phi) is 8.10. The van der Waals surface area contributed by atoms with Crippen molar-refractivity contribution in [3.8, 4) is 50.9 Å². The maximum Gasteiger partial charge on any atom is 0.161 e. The van der Waals surface area contributed by atoms with Crippen LogP contribution in [0.4, 0.5) is 0 Å². The number of hydrogen-bond donors (Lipinski definition) is 1. The minimum atomic E-state index is -1.21. The number of phenolic OH excluding ortho intramolecular Hbond substituents is 1. The molecule has 7 heteroatoms. The van der Waals surface area contributed by atoms with Gasteiger partial charge in [0.15, 0.2) is 11.5 Å². The van der Waals surface area contributed by atoms with Gasteiger partial charge in [-0.25, -0.2) is 4.68 Å². The van der Waals surface area contributed by atoms with Gasteiger partial charge in [-0.3, -0.25) is 0 Å².